The smallest absolute Gasteiger partial charge is 0.337 e. The fraction of sp³-hybridized carbons (Fsp3) is 0.231. The van der Waals surface area contributed by atoms with E-state index in [4.69, 9.17) is 0 Å². The monoisotopic (exact) mass is 414 g/mol. The van der Waals surface area contributed by atoms with E-state index in [0.29, 0.717) is 22.9 Å². The Bertz CT molecular complexity index is 1070. The summed E-state index contributed by atoms with van der Waals surface area (Å²) in [6.07, 6.45) is 6.42. The van der Waals surface area contributed by atoms with Gasteiger partial charge in [0.25, 0.3) is 5.91 Å². The molecule has 0 radical (unpaired) electrons. The highest BCUT2D eigenvalue weighted by molar-refractivity contribution is 6.05. The van der Waals surface area contributed by atoms with Gasteiger partial charge < -0.3 is 15.7 Å². The third-order valence-electron chi connectivity index (χ3n) is 5.81. The minimum Gasteiger partial charge on any atom is -0.478 e. The molecule has 1 saturated carbocycles. The highest BCUT2D eigenvalue weighted by Gasteiger charge is 2.16. The van der Waals surface area contributed by atoms with Crippen molar-refractivity contribution in [3.8, 4) is 0 Å². The Kier molecular flexibility index (Phi) is 6.32. The van der Waals surface area contributed by atoms with E-state index in [9.17, 15) is 14.7 Å². The Balaban J connectivity index is 1.44. The van der Waals surface area contributed by atoms with Gasteiger partial charge >= 0.3 is 5.97 Å². The SMILES string of the molecule is O=C(Nc1ccc(C2CCCCC2)cc1)c1cccc(Nc2ccccc2C(=O)O)c1. The average molecular weight is 415 g/mol. The molecule has 0 saturated heterocycles. The minimum atomic E-state index is -1.01. The normalized spacial score (nSPS) is 14.1. The predicted octanol–water partition coefficient (Wildman–Crippen LogP) is 6.43. The zero-order valence-corrected chi connectivity index (χ0v) is 17.3. The molecule has 3 N–H and O–H groups in total. The van der Waals surface area contributed by atoms with Crippen LogP contribution in [0.5, 0.6) is 0 Å². The van der Waals surface area contributed by atoms with E-state index in [1.54, 1.807) is 42.5 Å². The molecular weight excluding hydrogens is 388 g/mol. The second kappa shape index (κ2) is 9.47. The van der Waals surface area contributed by atoms with Crippen LogP contribution in [0.15, 0.2) is 72.8 Å². The number of amides is 1. The Morgan fingerprint density at radius 1 is 0.806 bits per heavy atom. The van der Waals surface area contributed by atoms with Gasteiger partial charge in [0.1, 0.15) is 0 Å². The van der Waals surface area contributed by atoms with Crippen molar-refractivity contribution in [2.24, 2.45) is 0 Å². The van der Waals surface area contributed by atoms with Gasteiger partial charge in [-0.25, -0.2) is 4.79 Å². The molecule has 1 aliphatic rings. The number of hydrogen-bond acceptors (Lipinski definition) is 3. The third kappa shape index (κ3) is 5.12. The van der Waals surface area contributed by atoms with E-state index < -0.39 is 5.97 Å². The highest BCUT2D eigenvalue weighted by Crippen LogP contribution is 2.33. The lowest BCUT2D eigenvalue weighted by Gasteiger charge is -2.22. The molecule has 1 amide bonds. The number of anilines is 3. The molecule has 3 aromatic rings. The maximum atomic E-state index is 12.7. The van der Waals surface area contributed by atoms with E-state index >= 15 is 0 Å². The summed E-state index contributed by atoms with van der Waals surface area (Å²) in [7, 11) is 0. The zero-order chi connectivity index (χ0) is 21.6. The number of hydrogen-bond donors (Lipinski definition) is 3. The Morgan fingerprint density at radius 2 is 1.55 bits per heavy atom. The summed E-state index contributed by atoms with van der Waals surface area (Å²) < 4.78 is 0. The first-order valence-corrected chi connectivity index (χ1v) is 10.7. The number of aromatic carboxylic acids is 1. The topological polar surface area (TPSA) is 78.4 Å². The summed E-state index contributed by atoms with van der Waals surface area (Å²) in [6.45, 7) is 0. The number of nitrogens with one attached hydrogen (secondary N) is 2. The molecule has 31 heavy (non-hydrogen) atoms. The fourth-order valence-electron chi connectivity index (χ4n) is 4.15. The molecule has 0 aromatic heterocycles. The molecule has 3 aromatic carbocycles. The Hall–Kier alpha value is -3.60. The highest BCUT2D eigenvalue weighted by atomic mass is 16.4. The van der Waals surface area contributed by atoms with Gasteiger partial charge in [-0.2, -0.15) is 0 Å². The van der Waals surface area contributed by atoms with Gasteiger partial charge in [-0.05, 0) is 66.8 Å². The van der Waals surface area contributed by atoms with Crippen LogP contribution in [-0.4, -0.2) is 17.0 Å². The van der Waals surface area contributed by atoms with Crippen LogP contribution < -0.4 is 10.6 Å². The van der Waals surface area contributed by atoms with Crippen LogP contribution in [0.2, 0.25) is 0 Å². The van der Waals surface area contributed by atoms with E-state index in [1.165, 1.54) is 43.7 Å². The third-order valence-corrected chi connectivity index (χ3v) is 5.81. The van der Waals surface area contributed by atoms with Crippen molar-refractivity contribution in [2.75, 3.05) is 10.6 Å². The Morgan fingerprint density at radius 3 is 2.29 bits per heavy atom. The summed E-state index contributed by atoms with van der Waals surface area (Å²) in [5.41, 5.74) is 3.91. The first-order chi connectivity index (χ1) is 15.1. The molecule has 5 heteroatoms. The van der Waals surface area contributed by atoms with Crippen LogP contribution in [0.3, 0.4) is 0 Å². The zero-order valence-electron chi connectivity index (χ0n) is 17.3. The average Bonchev–Trinajstić information content (AvgIpc) is 2.80. The second-order valence-corrected chi connectivity index (χ2v) is 7.97. The molecule has 1 fully saturated rings. The van der Waals surface area contributed by atoms with Crippen LogP contribution in [0.4, 0.5) is 17.1 Å². The van der Waals surface area contributed by atoms with Crippen LogP contribution >= 0.6 is 0 Å². The van der Waals surface area contributed by atoms with Gasteiger partial charge in [0.05, 0.1) is 11.3 Å². The molecule has 0 heterocycles. The molecule has 158 valence electrons. The fourth-order valence-corrected chi connectivity index (χ4v) is 4.15. The van der Waals surface area contributed by atoms with Crippen LogP contribution in [0.25, 0.3) is 0 Å². The summed E-state index contributed by atoms with van der Waals surface area (Å²) in [5.74, 6) is -0.579. The number of benzene rings is 3. The molecule has 0 aliphatic heterocycles. The maximum Gasteiger partial charge on any atom is 0.337 e. The molecule has 0 unspecified atom stereocenters. The molecular formula is C26H26N2O3. The molecule has 1 aliphatic carbocycles. The Labute approximate surface area is 182 Å². The molecule has 0 atom stereocenters. The maximum absolute atomic E-state index is 12.7. The lowest BCUT2D eigenvalue weighted by Crippen LogP contribution is -2.12. The van der Waals surface area contributed by atoms with Crippen molar-refractivity contribution in [2.45, 2.75) is 38.0 Å². The largest absolute Gasteiger partial charge is 0.478 e. The van der Waals surface area contributed by atoms with E-state index in [1.807, 2.05) is 12.1 Å². The number of carbonyl (C=O) groups is 2. The number of carbonyl (C=O) groups excluding carboxylic acids is 1. The molecule has 4 rings (SSSR count). The summed E-state index contributed by atoms with van der Waals surface area (Å²) >= 11 is 0. The predicted molar refractivity (Wildman–Crippen MR) is 123 cm³/mol. The number of carboxylic acids is 1. The molecule has 5 nitrogen and oxygen atoms in total. The van der Waals surface area contributed by atoms with Crippen molar-refractivity contribution in [3.63, 3.8) is 0 Å². The summed E-state index contributed by atoms with van der Waals surface area (Å²) in [4.78, 5) is 24.2. The van der Waals surface area contributed by atoms with Gasteiger partial charge in [0, 0.05) is 16.9 Å². The molecule has 0 bridgehead atoms. The number of carboxylic acid groups (broad SMARTS) is 1. The molecule has 0 spiro atoms. The van der Waals surface area contributed by atoms with E-state index in [0.717, 1.165) is 5.69 Å². The van der Waals surface area contributed by atoms with E-state index in [-0.39, 0.29) is 11.5 Å². The first kappa shape index (κ1) is 20.7. The quantitative estimate of drug-likeness (QED) is 0.434. The van der Waals surface area contributed by atoms with Crippen molar-refractivity contribution < 1.29 is 14.7 Å². The van der Waals surface area contributed by atoms with Crippen molar-refractivity contribution >= 4 is 28.9 Å². The second-order valence-electron chi connectivity index (χ2n) is 7.97. The van der Waals surface area contributed by atoms with Crippen LogP contribution in [0, 0.1) is 0 Å². The van der Waals surface area contributed by atoms with Crippen molar-refractivity contribution in [1.29, 1.82) is 0 Å². The van der Waals surface area contributed by atoms with Crippen molar-refractivity contribution in [1.82, 2.24) is 0 Å². The minimum absolute atomic E-state index is 0.176. The summed E-state index contributed by atoms with van der Waals surface area (Å²) in [6, 6.07) is 21.9. The van der Waals surface area contributed by atoms with Gasteiger partial charge in [0.15, 0.2) is 0 Å². The lowest BCUT2D eigenvalue weighted by atomic mass is 9.84. The lowest BCUT2D eigenvalue weighted by molar-refractivity contribution is 0.0697. The van der Waals surface area contributed by atoms with Crippen molar-refractivity contribution in [3.05, 3.63) is 89.5 Å². The van der Waals surface area contributed by atoms with Gasteiger partial charge in [-0.15, -0.1) is 0 Å². The van der Waals surface area contributed by atoms with Gasteiger partial charge in [0.2, 0.25) is 0 Å². The first-order valence-electron chi connectivity index (χ1n) is 10.7. The number of para-hydroxylation sites is 1. The van der Waals surface area contributed by atoms with Gasteiger partial charge in [-0.3, -0.25) is 4.79 Å². The van der Waals surface area contributed by atoms with E-state index in [2.05, 4.69) is 22.8 Å². The number of rotatable bonds is 6. The summed E-state index contributed by atoms with van der Waals surface area (Å²) in [5, 5.41) is 15.4. The van der Waals surface area contributed by atoms with Crippen LogP contribution in [0.1, 0.15) is 64.3 Å². The van der Waals surface area contributed by atoms with Gasteiger partial charge in [-0.1, -0.05) is 49.6 Å². The standard InChI is InChI=1S/C26H26N2O3/c29-25(28-21-15-13-19(14-16-21)18-7-2-1-3-8-18)20-9-6-10-22(17-20)27-24-12-5-4-11-23(24)26(30)31/h4-6,9-18,27H,1-3,7-8H2,(H,28,29)(H,30,31). The van der Waals surface area contributed by atoms with Crippen LogP contribution in [-0.2, 0) is 0 Å².